The van der Waals surface area contributed by atoms with Crippen LogP contribution in [0.3, 0.4) is 0 Å². The summed E-state index contributed by atoms with van der Waals surface area (Å²) in [6.07, 6.45) is 6.31. The van der Waals surface area contributed by atoms with E-state index in [4.69, 9.17) is 0 Å². The van der Waals surface area contributed by atoms with Gasteiger partial charge in [0.15, 0.2) is 0 Å². The number of likely N-dealkylation sites (N-methyl/N-ethyl adjacent to an activating group) is 1. The maximum Gasteiger partial charge on any atom is 0.0709 e. The van der Waals surface area contributed by atoms with E-state index in [1.54, 1.807) is 0 Å². The molecule has 2 aromatic carbocycles. The Morgan fingerprint density at radius 3 is 2.65 bits per heavy atom. The van der Waals surface area contributed by atoms with Gasteiger partial charge in [-0.2, -0.15) is 0 Å². The highest BCUT2D eigenvalue weighted by Gasteiger charge is 2.20. The van der Waals surface area contributed by atoms with E-state index < -0.39 is 0 Å². The number of rotatable bonds is 0. The van der Waals surface area contributed by atoms with Gasteiger partial charge in [0.25, 0.3) is 0 Å². The fourth-order valence-electron chi connectivity index (χ4n) is 2.84. The molecule has 0 atom stereocenters. The first-order valence-electron chi connectivity index (χ1n) is 6.73. The Bertz CT molecular complexity index is 782. The van der Waals surface area contributed by atoms with Gasteiger partial charge in [0, 0.05) is 30.1 Å². The number of anilines is 1. The van der Waals surface area contributed by atoms with E-state index in [9.17, 15) is 0 Å². The van der Waals surface area contributed by atoms with Crippen LogP contribution in [-0.4, -0.2) is 13.3 Å². The lowest BCUT2D eigenvalue weighted by molar-refractivity contribution is 1.13. The van der Waals surface area contributed by atoms with Gasteiger partial charge in [0.1, 0.15) is 0 Å². The number of allylic oxidation sites excluding steroid dienone is 2. The monoisotopic (exact) mass is 258 g/mol. The number of para-hydroxylation sites is 2. The van der Waals surface area contributed by atoms with Crippen molar-refractivity contribution in [1.29, 1.82) is 0 Å². The van der Waals surface area contributed by atoms with E-state index in [1.807, 2.05) is 12.3 Å². The number of hydrogen-bond donors (Lipinski definition) is 0. The molecule has 2 heterocycles. The summed E-state index contributed by atoms with van der Waals surface area (Å²) in [4.78, 5) is 6.74. The van der Waals surface area contributed by atoms with Crippen LogP contribution in [0.1, 0.15) is 11.1 Å². The van der Waals surface area contributed by atoms with Crippen molar-refractivity contribution in [3.63, 3.8) is 0 Å². The minimum atomic E-state index is 1.05. The minimum absolute atomic E-state index is 1.05. The molecule has 0 spiro atoms. The predicted octanol–water partition coefficient (Wildman–Crippen LogP) is 4.28. The molecule has 0 radical (unpaired) electrons. The summed E-state index contributed by atoms with van der Waals surface area (Å²) < 4.78 is 0. The summed E-state index contributed by atoms with van der Waals surface area (Å²) in [6.45, 7) is 0. The Morgan fingerprint density at radius 2 is 1.70 bits per heavy atom. The van der Waals surface area contributed by atoms with Crippen LogP contribution in [0.15, 0.2) is 65.3 Å². The van der Waals surface area contributed by atoms with E-state index in [1.165, 1.54) is 28.1 Å². The van der Waals surface area contributed by atoms with Crippen LogP contribution in [-0.2, 0) is 0 Å². The quantitative estimate of drug-likeness (QED) is 0.688. The average molecular weight is 258 g/mol. The van der Waals surface area contributed by atoms with Gasteiger partial charge in [-0.3, -0.25) is 4.99 Å². The molecule has 2 heteroatoms. The SMILES string of the molecule is CN1/C(=C2\C=Nc3ccccc32)C=Cc2ccccc21. The Kier molecular flexibility index (Phi) is 2.36. The molecular weight excluding hydrogens is 244 g/mol. The Hall–Kier alpha value is -2.61. The third-order valence-corrected chi connectivity index (χ3v) is 3.88. The first kappa shape index (κ1) is 11.2. The Labute approximate surface area is 118 Å². The third kappa shape index (κ3) is 1.55. The van der Waals surface area contributed by atoms with E-state index in [0.29, 0.717) is 0 Å². The number of nitrogens with zero attached hydrogens (tertiary/aromatic N) is 2. The van der Waals surface area contributed by atoms with Crippen molar-refractivity contribution < 1.29 is 0 Å². The zero-order chi connectivity index (χ0) is 13.5. The molecule has 0 amide bonds. The van der Waals surface area contributed by atoms with Crippen LogP contribution in [0.5, 0.6) is 0 Å². The standard InChI is InChI=1S/C18H14N2/c1-20-17-9-5-2-6-13(17)10-11-18(20)15-12-19-16-8-4-3-7-14(15)16/h2-12H,1H3/b18-15+. The summed E-state index contributed by atoms with van der Waals surface area (Å²) in [7, 11) is 2.11. The zero-order valence-electron chi connectivity index (χ0n) is 11.2. The number of hydrogen-bond acceptors (Lipinski definition) is 2. The molecule has 2 aliphatic heterocycles. The van der Waals surface area contributed by atoms with Crippen LogP contribution >= 0.6 is 0 Å². The zero-order valence-corrected chi connectivity index (χ0v) is 11.2. The fraction of sp³-hybridized carbons (Fsp3) is 0.0556. The van der Waals surface area contributed by atoms with Gasteiger partial charge in [-0.15, -0.1) is 0 Å². The van der Waals surface area contributed by atoms with Crippen LogP contribution in [0.25, 0.3) is 11.6 Å². The summed E-state index contributed by atoms with van der Waals surface area (Å²) in [6, 6.07) is 16.7. The highest BCUT2D eigenvalue weighted by atomic mass is 15.1. The van der Waals surface area contributed by atoms with Crippen molar-refractivity contribution in [2.24, 2.45) is 4.99 Å². The average Bonchev–Trinajstić information content (AvgIpc) is 2.92. The smallest absolute Gasteiger partial charge is 0.0709 e. The van der Waals surface area contributed by atoms with Crippen molar-refractivity contribution >= 4 is 29.2 Å². The molecule has 0 fully saturated rings. The van der Waals surface area contributed by atoms with Crippen LogP contribution < -0.4 is 4.90 Å². The highest BCUT2D eigenvalue weighted by Crippen LogP contribution is 2.37. The second kappa shape index (κ2) is 4.20. The van der Waals surface area contributed by atoms with Gasteiger partial charge in [-0.1, -0.05) is 42.5 Å². The minimum Gasteiger partial charge on any atom is -0.344 e. The number of benzene rings is 2. The van der Waals surface area contributed by atoms with Gasteiger partial charge >= 0.3 is 0 Å². The molecule has 2 nitrogen and oxygen atoms in total. The molecule has 4 rings (SSSR count). The Morgan fingerprint density at radius 1 is 0.900 bits per heavy atom. The maximum atomic E-state index is 4.50. The first-order valence-corrected chi connectivity index (χ1v) is 6.73. The summed E-state index contributed by atoms with van der Waals surface area (Å²) in [5.74, 6) is 0. The van der Waals surface area contributed by atoms with Crippen molar-refractivity contribution in [1.82, 2.24) is 0 Å². The maximum absolute atomic E-state index is 4.50. The number of fused-ring (bicyclic) bond motifs is 2. The topological polar surface area (TPSA) is 15.6 Å². The largest absolute Gasteiger partial charge is 0.344 e. The molecule has 20 heavy (non-hydrogen) atoms. The summed E-state index contributed by atoms with van der Waals surface area (Å²) >= 11 is 0. The molecule has 2 aliphatic rings. The molecule has 0 bridgehead atoms. The van der Waals surface area contributed by atoms with Crippen molar-refractivity contribution in [3.8, 4) is 0 Å². The van der Waals surface area contributed by atoms with Gasteiger partial charge in [0.05, 0.1) is 11.4 Å². The first-order chi connectivity index (χ1) is 9.84. The molecule has 0 aromatic heterocycles. The lowest BCUT2D eigenvalue weighted by Crippen LogP contribution is -2.20. The summed E-state index contributed by atoms with van der Waals surface area (Å²) in [5, 5.41) is 0. The fourth-order valence-corrected chi connectivity index (χ4v) is 2.84. The normalized spacial score (nSPS) is 19.1. The van der Waals surface area contributed by atoms with Crippen molar-refractivity contribution in [3.05, 3.63) is 71.4 Å². The molecule has 96 valence electrons. The molecular formula is C18H14N2. The molecule has 2 aromatic rings. The van der Waals surface area contributed by atoms with E-state index in [-0.39, 0.29) is 0 Å². The molecule has 0 saturated carbocycles. The summed E-state index contributed by atoms with van der Waals surface area (Å²) in [5.41, 5.74) is 7.12. The second-order valence-corrected chi connectivity index (χ2v) is 5.03. The van der Waals surface area contributed by atoms with Crippen molar-refractivity contribution in [2.75, 3.05) is 11.9 Å². The van der Waals surface area contributed by atoms with Gasteiger partial charge in [-0.05, 0) is 23.8 Å². The molecule has 0 N–H and O–H groups in total. The third-order valence-electron chi connectivity index (χ3n) is 3.88. The lowest BCUT2D eigenvalue weighted by Gasteiger charge is -2.27. The lowest BCUT2D eigenvalue weighted by atomic mass is 10.00. The molecule has 0 unspecified atom stereocenters. The Balaban J connectivity index is 1.90. The molecule has 0 aliphatic carbocycles. The number of aliphatic imine (C=N–C) groups is 1. The molecule has 0 saturated heterocycles. The highest BCUT2D eigenvalue weighted by molar-refractivity contribution is 6.18. The van der Waals surface area contributed by atoms with Crippen LogP contribution in [0.4, 0.5) is 11.4 Å². The van der Waals surface area contributed by atoms with Gasteiger partial charge in [-0.25, -0.2) is 0 Å². The van der Waals surface area contributed by atoms with E-state index in [2.05, 4.69) is 71.6 Å². The van der Waals surface area contributed by atoms with E-state index in [0.717, 1.165) is 5.69 Å². The van der Waals surface area contributed by atoms with Gasteiger partial charge < -0.3 is 4.90 Å². The second-order valence-electron chi connectivity index (χ2n) is 5.03. The van der Waals surface area contributed by atoms with Crippen LogP contribution in [0, 0.1) is 0 Å². The van der Waals surface area contributed by atoms with Crippen molar-refractivity contribution in [2.45, 2.75) is 0 Å². The van der Waals surface area contributed by atoms with Crippen LogP contribution in [0.2, 0.25) is 0 Å². The predicted molar refractivity (Wildman–Crippen MR) is 85.4 cm³/mol. The van der Waals surface area contributed by atoms with Gasteiger partial charge in [0.2, 0.25) is 0 Å². The van der Waals surface area contributed by atoms with E-state index >= 15 is 0 Å².